The largest absolute Gasteiger partial charge is 0.497 e. The maximum Gasteiger partial charge on any atom is 0.324 e. The maximum atomic E-state index is 12.0. The van der Waals surface area contributed by atoms with Crippen LogP contribution in [-0.2, 0) is 0 Å². The van der Waals surface area contributed by atoms with Crippen LogP contribution in [0.25, 0.3) is 0 Å². The second-order valence-corrected chi connectivity index (χ2v) is 6.03. The summed E-state index contributed by atoms with van der Waals surface area (Å²) in [7, 11) is 1.61. The van der Waals surface area contributed by atoms with Crippen molar-refractivity contribution in [1.82, 2.24) is 0 Å². The van der Waals surface area contributed by atoms with E-state index in [2.05, 4.69) is 0 Å². The van der Waals surface area contributed by atoms with Crippen LogP contribution in [0.1, 0.15) is 15.9 Å². The minimum absolute atomic E-state index is 0.0308. The fraction of sp³-hybridized carbons (Fsp3) is 0.0500. The first kappa shape index (κ1) is 23.4. The molecule has 3 aromatic carbocycles. The Morgan fingerprint density at radius 1 is 0.781 bits per heavy atom. The summed E-state index contributed by atoms with van der Waals surface area (Å²) < 4.78 is 5.04. The number of non-ortho nitro benzene ring substituents is 1. The molecule has 0 saturated carbocycles. The van der Waals surface area contributed by atoms with E-state index in [0.29, 0.717) is 23.3 Å². The summed E-state index contributed by atoms with van der Waals surface area (Å²) in [4.78, 5) is 39.8. The van der Waals surface area contributed by atoms with E-state index in [1.165, 1.54) is 0 Å². The van der Waals surface area contributed by atoms with Gasteiger partial charge in [0.25, 0.3) is 11.4 Å². The van der Waals surface area contributed by atoms with Gasteiger partial charge in [-0.1, -0.05) is 30.3 Å². The van der Waals surface area contributed by atoms with Gasteiger partial charge in [0.15, 0.2) is 5.78 Å². The summed E-state index contributed by atoms with van der Waals surface area (Å²) in [5, 5.41) is 40.2. The fourth-order valence-electron chi connectivity index (χ4n) is 2.47. The highest BCUT2D eigenvalue weighted by atomic mass is 16.6. The number of hydrogen-bond donors (Lipinski definition) is 1. The van der Waals surface area contributed by atoms with E-state index in [0.717, 1.165) is 5.75 Å². The Morgan fingerprint density at radius 3 is 1.66 bits per heavy atom. The van der Waals surface area contributed by atoms with Crippen LogP contribution in [-0.4, -0.2) is 32.8 Å². The minimum atomic E-state index is -1.21. The van der Waals surface area contributed by atoms with Crippen molar-refractivity contribution in [2.75, 3.05) is 7.11 Å². The number of ketones is 1. The molecular weight excluding hydrogens is 426 g/mol. The SMILES string of the molecule is COc1ccc(C(=O)c2ccccc2)cc1.O=[N+]([O-])c1cc([N+](=O)[O-])c(O)c([N+](=O)[O-])c1. The molecule has 0 bridgehead atoms. The first-order valence-electron chi connectivity index (χ1n) is 8.69. The molecule has 0 aliphatic rings. The lowest BCUT2D eigenvalue weighted by Gasteiger charge is -2.02. The molecule has 0 spiro atoms. The molecule has 0 aliphatic carbocycles. The number of phenolic OH excluding ortho intramolecular Hbond substituents is 1. The van der Waals surface area contributed by atoms with Crippen LogP contribution in [0.3, 0.4) is 0 Å². The zero-order valence-corrected chi connectivity index (χ0v) is 16.4. The number of nitro benzene ring substituents is 3. The number of ether oxygens (including phenoxy) is 1. The van der Waals surface area contributed by atoms with Gasteiger partial charge < -0.3 is 9.84 Å². The van der Waals surface area contributed by atoms with Crippen molar-refractivity contribution in [1.29, 1.82) is 0 Å². The van der Waals surface area contributed by atoms with Crippen LogP contribution >= 0.6 is 0 Å². The van der Waals surface area contributed by atoms with Gasteiger partial charge in [0.2, 0.25) is 0 Å². The van der Waals surface area contributed by atoms with Crippen molar-refractivity contribution in [2.45, 2.75) is 0 Å². The third-order valence-corrected chi connectivity index (χ3v) is 4.05. The molecule has 12 heteroatoms. The number of phenols is 1. The van der Waals surface area contributed by atoms with E-state index in [1.54, 1.807) is 31.4 Å². The number of rotatable bonds is 6. The van der Waals surface area contributed by atoms with E-state index >= 15 is 0 Å². The predicted molar refractivity (Wildman–Crippen MR) is 111 cm³/mol. The Morgan fingerprint density at radius 2 is 1.25 bits per heavy atom. The summed E-state index contributed by atoms with van der Waals surface area (Å²) in [6, 6.07) is 17.2. The van der Waals surface area contributed by atoms with Crippen molar-refractivity contribution >= 4 is 22.8 Å². The molecule has 0 heterocycles. The lowest BCUT2D eigenvalue weighted by molar-refractivity contribution is -0.404. The molecule has 1 N–H and O–H groups in total. The van der Waals surface area contributed by atoms with Crippen LogP contribution in [0.15, 0.2) is 66.7 Å². The molecule has 0 saturated heterocycles. The monoisotopic (exact) mass is 441 g/mol. The third-order valence-electron chi connectivity index (χ3n) is 4.05. The van der Waals surface area contributed by atoms with Crippen LogP contribution in [0.5, 0.6) is 11.5 Å². The van der Waals surface area contributed by atoms with E-state index in [-0.39, 0.29) is 5.78 Å². The maximum absolute atomic E-state index is 12.0. The number of nitrogens with zero attached hydrogens (tertiary/aromatic N) is 3. The quantitative estimate of drug-likeness (QED) is 0.336. The molecule has 12 nitrogen and oxygen atoms in total. The van der Waals surface area contributed by atoms with Crippen molar-refractivity contribution in [3.05, 3.63) is 108 Å². The van der Waals surface area contributed by atoms with Crippen molar-refractivity contribution in [3.63, 3.8) is 0 Å². The third kappa shape index (κ3) is 5.60. The van der Waals surface area contributed by atoms with E-state index in [1.807, 2.05) is 30.3 Å². The lowest BCUT2D eigenvalue weighted by Crippen LogP contribution is -2.00. The van der Waals surface area contributed by atoms with Crippen LogP contribution in [0, 0.1) is 30.3 Å². The summed E-state index contributed by atoms with van der Waals surface area (Å²) in [5.41, 5.74) is -1.63. The first-order chi connectivity index (χ1) is 15.1. The molecule has 0 aliphatic heterocycles. The number of hydrogen-bond acceptors (Lipinski definition) is 9. The lowest BCUT2D eigenvalue weighted by atomic mass is 10.0. The number of aromatic hydroxyl groups is 1. The van der Waals surface area contributed by atoms with Gasteiger partial charge in [-0.05, 0) is 24.3 Å². The Labute approximate surface area is 179 Å². The molecule has 164 valence electrons. The van der Waals surface area contributed by atoms with Gasteiger partial charge in [0.1, 0.15) is 5.75 Å². The molecule has 0 unspecified atom stereocenters. The second-order valence-electron chi connectivity index (χ2n) is 6.03. The first-order valence-corrected chi connectivity index (χ1v) is 8.69. The Balaban J connectivity index is 0.000000227. The van der Waals surface area contributed by atoms with Crippen molar-refractivity contribution in [2.24, 2.45) is 0 Å². The topological polar surface area (TPSA) is 176 Å². The molecule has 0 aromatic heterocycles. The molecule has 0 radical (unpaired) electrons. The smallest absolute Gasteiger partial charge is 0.324 e. The van der Waals surface area contributed by atoms with E-state index < -0.39 is 37.6 Å². The average Bonchev–Trinajstić information content (AvgIpc) is 2.79. The Bertz CT molecular complexity index is 1130. The van der Waals surface area contributed by atoms with Crippen molar-refractivity contribution < 1.29 is 29.4 Å². The highest BCUT2D eigenvalue weighted by Crippen LogP contribution is 2.38. The zero-order valence-electron chi connectivity index (χ0n) is 16.4. The van der Waals surface area contributed by atoms with Gasteiger partial charge in [-0.15, -0.1) is 0 Å². The molecule has 0 fully saturated rings. The standard InChI is InChI=1S/C14H12O2.C6H3N3O7/c1-16-13-9-7-12(8-10-13)14(15)11-5-3-2-4-6-11;10-6-4(8(13)14)1-3(7(11)12)2-5(6)9(15)16/h2-10H,1H3;1-2,10H. The van der Waals surface area contributed by atoms with E-state index in [4.69, 9.17) is 9.84 Å². The van der Waals surface area contributed by atoms with Crippen molar-refractivity contribution in [3.8, 4) is 11.5 Å². The highest BCUT2D eigenvalue weighted by Gasteiger charge is 2.30. The van der Waals surface area contributed by atoms with E-state index in [9.17, 15) is 35.1 Å². The summed E-state index contributed by atoms with van der Waals surface area (Å²) >= 11 is 0. The average molecular weight is 441 g/mol. The van der Waals surface area contributed by atoms with Gasteiger partial charge in [0, 0.05) is 11.1 Å². The van der Waals surface area contributed by atoms with Crippen LogP contribution < -0.4 is 4.74 Å². The number of methoxy groups -OCH3 is 1. The van der Waals surface area contributed by atoms with Crippen LogP contribution in [0.2, 0.25) is 0 Å². The number of carbonyl (C=O) groups is 1. The highest BCUT2D eigenvalue weighted by molar-refractivity contribution is 6.08. The number of nitro groups is 3. The number of carbonyl (C=O) groups excluding carboxylic acids is 1. The molecule has 0 amide bonds. The molecular formula is C20H15N3O9. The molecule has 0 atom stereocenters. The molecule has 3 rings (SSSR count). The summed E-state index contributed by atoms with van der Waals surface area (Å²) in [6.45, 7) is 0. The minimum Gasteiger partial charge on any atom is -0.497 e. The Kier molecular flexibility index (Phi) is 7.50. The van der Waals surface area contributed by atoms with Gasteiger partial charge in [0.05, 0.1) is 34.0 Å². The normalized spacial score (nSPS) is 9.78. The summed E-state index contributed by atoms with van der Waals surface area (Å²) in [6.07, 6.45) is 0. The van der Waals surface area contributed by atoms with Gasteiger partial charge in [-0.3, -0.25) is 35.1 Å². The summed E-state index contributed by atoms with van der Waals surface area (Å²) in [5.74, 6) is -0.423. The molecule has 32 heavy (non-hydrogen) atoms. The number of benzene rings is 3. The fourth-order valence-corrected chi connectivity index (χ4v) is 2.47. The Hall–Kier alpha value is -4.87. The van der Waals surface area contributed by atoms with Gasteiger partial charge in [-0.2, -0.15) is 0 Å². The van der Waals surface area contributed by atoms with Crippen LogP contribution in [0.4, 0.5) is 17.1 Å². The van der Waals surface area contributed by atoms with Gasteiger partial charge in [-0.25, -0.2) is 0 Å². The van der Waals surface area contributed by atoms with Gasteiger partial charge >= 0.3 is 11.4 Å². The zero-order chi connectivity index (χ0) is 23.8. The molecule has 3 aromatic rings. The second kappa shape index (κ2) is 10.2. The predicted octanol–water partition coefficient (Wildman–Crippen LogP) is 4.04.